The van der Waals surface area contributed by atoms with Gasteiger partial charge in [-0.3, -0.25) is 4.98 Å². The SMILES string of the molecule is Cc1nc(-c2cccnc2)sc1C(C)NCCCO. The lowest BCUT2D eigenvalue weighted by molar-refractivity contribution is 0.284. The molecule has 0 radical (unpaired) electrons. The van der Waals surface area contributed by atoms with Gasteiger partial charge in [0.2, 0.25) is 0 Å². The molecular formula is C14H19N3OS. The first-order valence-electron chi connectivity index (χ1n) is 6.44. The zero-order valence-corrected chi connectivity index (χ0v) is 12.1. The molecule has 0 spiro atoms. The van der Waals surface area contributed by atoms with Crippen LogP contribution in [0.15, 0.2) is 24.5 Å². The van der Waals surface area contributed by atoms with Crippen LogP contribution in [0.1, 0.15) is 30.0 Å². The smallest absolute Gasteiger partial charge is 0.125 e. The van der Waals surface area contributed by atoms with Crippen LogP contribution in [-0.4, -0.2) is 28.2 Å². The van der Waals surface area contributed by atoms with E-state index in [4.69, 9.17) is 5.11 Å². The molecule has 0 saturated carbocycles. The van der Waals surface area contributed by atoms with Crippen LogP contribution in [0.3, 0.4) is 0 Å². The van der Waals surface area contributed by atoms with Crippen molar-refractivity contribution in [1.29, 1.82) is 0 Å². The topological polar surface area (TPSA) is 58.0 Å². The highest BCUT2D eigenvalue weighted by Crippen LogP contribution is 2.31. The van der Waals surface area contributed by atoms with Gasteiger partial charge in [-0.1, -0.05) is 0 Å². The van der Waals surface area contributed by atoms with Crippen molar-refractivity contribution in [2.75, 3.05) is 13.2 Å². The van der Waals surface area contributed by atoms with E-state index in [9.17, 15) is 0 Å². The molecule has 0 fully saturated rings. The van der Waals surface area contributed by atoms with Crippen LogP contribution < -0.4 is 5.32 Å². The monoisotopic (exact) mass is 277 g/mol. The normalized spacial score (nSPS) is 12.6. The van der Waals surface area contributed by atoms with Gasteiger partial charge in [0, 0.05) is 35.5 Å². The Morgan fingerprint density at radius 2 is 2.32 bits per heavy atom. The van der Waals surface area contributed by atoms with Gasteiger partial charge in [0.25, 0.3) is 0 Å². The van der Waals surface area contributed by atoms with E-state index in [1.165, 1.54) is 4.88 Å². The minimum atomic E-state index is 0.225. The first-order chi connectivity index (χ1) is 9.22. The van der Waals surface area contributed by atoms with Crippen LogP contribution in [0.5, 0.6) is 0 Å². The Labute approximate surface area is 117 Å². The molecule has 2 N–H and O–H groups in total. The molecular weight excluding hydrogens is 258 g/mol. The van der Waals surface area contributed by atoms with Crippen molar-refractivity contribution in [1.82, 2.24) is 15.3 Å². The summed E-state index contributed by atoms with van der Waals surface area (Å²) in [5, 5.41) is 13.2. The molecule has 2 aromatic rings. The number of nitrogens with zero attached hydrogens (tertiary/aromatic N) is 2. The number of rotatable bonds is 6. The number of aliphatic hydroxyl groups is 1. The fourth-order valence-electron chi connectivity index (χ4n) is 1.91. The maximum absolute atomic E-state index is 8.80. The molecule has 0 aliphatic heterocycles. The molecule has 1 atom stereocenters. The molecule has 0 amide bonds. The zero-order valence-electron chi connectivity index (χ0n) is 11.3. The average Bonchev–Trinajstić information content (AvgIpc) is 2.82. The van der Waals surface area contributed by atoms with Crippen molar-refractivity contribution in [3.8, 4) is 10.6 Å². The Kier molecular flexibility index (Phi) is 5.01. The number of hydrogen-bond donors (Lipinski definition) is 2. The summed E-state index contributed by atoms with van der Waals surface area (Å²) < 4.78 is 0. The van der Waals surface area contributed by atoms with Gasteiger partial charge in [-0.15, -0.1) is 11.3 Å². The van der Waals surface area contributed by atoms with E-state index < -0.39 is 0 Å². The highest BCUT2D eigenvalue weighted by Gasteiger charge is 2.14. The van der Waals surface area contributed by atoms with Gasteiger partial charge in [-0.25, -0.2) is 4.98 Å². The van der Waals surface area contributed by atoms with Crippen molar-refractivity contribution in [2.45, 2.75) is 26.3 Å². The summed E-state index contributed by atoms with van der Waals surface area (Å²) in [7, 11) is 0. The van der Waals surface area contributed by atoms with Crippen molar-refractivity contribution >= 4 is 11.3 Å². The summed E-state index contributed by atoms with van der Waals surface area (Å²) in [6.45, 7) is 5.21. The lowest BCUT2D eigenvalue weighted by atomic mass is 10.2. The number of aromatic nitrogens is 2. The molecule has 0 saturated heterocycles. The van der Waals surface area contributed by atoms with Gasteiger partial charge in [-0.05, 0) is 38.9 Å². The Bertz CT molecular complexity index is 513. The van der Waals surface area contributed by atoms with E-state index in [-0.39, 0.29) is 12.6 Å². The molecule has 0 aliphatic rings. The molecule has 2 aromatic heterocycles. The van der Waals surface area contributed by atoms with E-state index in [1.54, 1.807) is 17.5 Å². The fourth-order valence-corrected chi connectivity index (χ4v) is 3.00. The van der Waals surface area contributed by atoms with Crippen LogP contribution in [0, 0.1) is 6.92 Å². The minimum absolute atomic E-state index is 0.225. The van der Waals surface area contributed by atoms with E-state index in [0.717, 1.165) is 29.2 Å². The number of hydrogen-bond acceptors (Lipinski definition) is 5. The predicted molar refractivity (Wildman–Crippen MR) is 78.2 cm³/mol. The number of thiazole rings is 1. The molecule has 1 unspecified atom stereocenters. The van der Waals surface area contributed by atoms with Crippen molar-refractivity contribution in [3.05, 3.63) is 35.1 Å². The quantitative estimate of drug-likeness (QED) is 0.797. The van der Waals surface area contributed by atoms with Crippen LogP contribution >= 0.6 is 11.3 Å². The van der Waals surface area contributed by atoms with Gasteiger partial charge in [0.1, 0.15) is 5.01 Å². The van der Waals surface area contributed by atoms with Gasteiger partial charge >= 0.3 is 0 Å². The predicted octanol–water partition coefficient (Wildman–Crippen LogP) is 2.55. The molecule has 4 nitrogen and oxygen atoms in total. The summed E-state index contributed by atoms with van der Waals surface area (Å²) in [4.78, 5) is 10.00. The lowest BCUT2D eigenvalue weighted by Crippen LogP contribution is -2.20. The summed E-state index contributed by atoms with van der Waals surface area (Å²) in [6, 6.07) is 4.21. The van der Waals surface area contributed by atoms with Gasteiger partial charge in [0.05, 0.1) is 5.69 Å². The number of aryl methyl sites for hydroxylation is 1. The highest BCUT2D eigenvalue weighted by molar-refractivity contribution is 7.15. The Morgan fingerprint density at radius 3 is 3.00 bits per heavy atom. The summed E-state index contributed by atoms with van der Waals surface area (Å²) in [5.74, 6) is 0. The summed E-state index contributed by atoms with van der Waals surface area (Å²) >= 11 is 1.70. The van der Waals surface area contributed by atoms with E-state index in [1.807, 2.05) is 25.3 Å². The van der Waals surface area contributed by atoms with Crippen LogP contribution in [0.2, 0.25) is 0 Å². The van der Waals surface area contributed by atoms with E-state index in [0.29, 0.717) is 0 Å². The molecule has 2 rings (SSSR count). The van der Waals surface area contributed by atoms with Crippen LogP contribution in [0.4, 0.5) is 0 Å². The van der Waals surface area contributed by atoms with Gasteiger partial charge < -0.3 is 10.4 Å². The Morgan fingerprint density at radius 1 is 1.47 bits per heavy atom. The third-order valence-corrected chi connectivity index (χ3v) is 4.31. The molecule has 5 heteroatoms. The fraction of sp³-hybridized carbons (Fsp3) is 0.429. The van der Waals surface area contributed by atoms with Crippen molar-refractivity contribution < 1.29 is 5.11 Å². The summed E-state index contributed by atoms with van der Waals surface area (Å²) in [6.07, 6.45) is 4.38. The second-order valence-corrected chi connectivity index (χ2v) is 5.49. The Hall–Kier alpha value is -1.30. The molecule has 2 heterocycles. The zero-order chi connectivity index (χ0) is 13.7. The number of aliphatic hydroxyl groups excluding tert-OH is 1. The first kappa shape index (κ1) is 14.1. The maximum Gasteiger partial charge on any atom is 0.125 e. The molecule has 0 bridgehead atoms. The maximum atomic E-state index is 8.80. The molecule has 0 aromatic carbocycles. The third kappa shape index (κ3) is 3.59. The Balaban J connectivity index is 2.13. The van der Waals surface area contributed by atoms with E-state index in [2.05, 4.69) is 22.2 Å². The third-order valence-electron chi connectivity index (χ3n) is 2.92. The molecule has 102 valence electrons. The first-order valence-corrected chi connectivity index (χ1v) is 7.26. The standard InChI is InChI=1S/C14H19N3OS/c1-10(16-7-4-8-18)13-11(2)17-14(19-13)12-5-3-6-15-9-12/h3,5-6,9-10,16,18H,4,7-8H2,1-2H3. The van der Waals surface area contributed by atoms with E-state index >= 15 is 0 Å². The molecule has 19 heavy (non-hydrogen) atoms. The van der Waals surface area contributed by atoms with Gasteiger partial charge in [-0.2, -0.15) is 0 Å². The highest BCUT2D eigenvalue weighted by atomic mass is 32.1. The van der Waals surface area contributed by atoms with Crippen LogP contribution in [-0.2, 0) is 0 Å². The second kappa shape index (κ2) is 6.75. The van der Waals surface area contributed by atoms with Crippen molar-refractivity contribution in [3.63, 3.8) is 0 Å². The second-order valence-electron chi connectivity index (χ2n) is 4.46. The summed E-state index contributed by atoms with van der Waals surface area (Å²) in [5.41, 5.74) is 2.12. The lowest BCUT2D eigenvalue weighted by Gasteiger charge is -2.11. The largest absolute Gasteiger partial charge is 0.396 e. The molecule has 0 aliphatic carbocycles. The van der Waals surface area contributed by atoms with Gasteiger partial charge in [0.15, 0.2) is 0 Å². The number of pyridine rings is 1. The van der Waals surface area contributed by atoms with Crippen LogP contribution in [0.25, 0.3) is 10.6 Å². The number of nitrogens with one attached hydrogen (secondary N) is 1. The minimum Gasteiger partial charge on any atom is -0.396 e. The average molecular weight is 277 g/mol. The van der Waals surface area contributed by atoms with Crippen molar-refractivity contribution in [2.24, 2.45) is 0 Å².